The maximum absolute atomic E-state index is 13.8. The third-order valence-corrected chi connectivity index (χ3v) is 9.40. The SMILES string of the molecule is CN1C[C@@H](NC(=O)CN2CCCC2)C(=O)N(C)CC(=O)N2C[C@@H](NC(=O)Cc3c[nH]c4ccccc34)C[C@H]2COc2cccc(c2)C1=O. The molecule has 48 heavy (non-hydrogen) atoms. The summed E-state index contributed by atoms with van der Waals surface area (Å²) in [4.78, 5) is 76.7. The summed E-state index contributed by atoms with van der Waals surface area (Å²) < 4.78 is 6.12. The highest BCUT2D eigenvalue weighted by Crippen LogP contribution is 2.23. The van der Waals surface area contributed by atoms with Crippen molar-refractivity contribution in [2.24, 2.45) is 0 Å². The van der Waals surface area contributed by atoms with Crippen molar-refractivity contribution in [3.8, 4) is 5.75 Å². The first-order chi connectivity index (χ1) is 23.1. The molecule has 3 aliphatic rings. The number of carbonyl (C=O) groups is 5. The molecule has 2 aromatic carbocycles. The lowest BCUT2D eigenvalue weighted by Crippen LogP contribution is -2.56. The fourth-order valence-electron chi connectivity index (χ4n) is 6.91. The van der Waals surface area contributed by atoms with E-state index in [4.69, 9.17) is 4.74 Å². The van der Waals surface area contributed by atoms with E-state index in [1.807, 2.05) is 35.4 Å². The Kier molecular flexibility index (Phi) is 9.95. The molecule has 6 rings (SSSR count). The minimum absolute atomic E-state index is 0.0795. The van der Waals surface area contributed by atoms with E-state index in [2.05, 4.69) is 15.6 Å². The van der Waals surface area contributed by atoms with Crippen molar-refractivity contribution < 1.29 is 28.7 Å². The molecule has 3 atom stereocenters. The first-order valence-electron chi connectivity index (χ1n) is 16.5. The Labute approximate surface area is 279 Å². The number of benzene rings is 2. The zero-order chi connectivity index (χ0) is 33.8. The Morgan fingerprint density at radius 2 is 1.73 bits per heavy atom. The zero-order valence-corrected chi connectivity index (χ0v) is 27.4. The Morgan fingerprint density at radius 3 is 2.54 bits per heavy atom. The van der Waals surface area contributed by atoms with Gasteiger partial charge in [-0.15, -0.1) is 0 Å². The summed E-state index contributed by atoms with van der Waals surface area (Å²) in [5, 5.41) is 6.91. The number of amides is 5. The number of hydrogen-bond donors (Lipinski definition) is 3. The highest BCUT2D eigenvalue weighted by Gasteiger charge is 2.38. The van der Waals surface area contributed by atoms with Crippen molar-refractivity contribution >= 4 is 40.4 Å². The molecule has 13 nitrogen and oxygen atoms in total. The number of likely N-dealkylation sites (N-methyl/N-ethyl adjacent to an activating group) is 2. The Morgan fingerprint density at radius 1 is 0.938 bits per heavy atom. The number of ether oxygens (including phenoxy) is 1. The average Bonchev–Trinajstić information content (AvgIpc) is 3.83. The van der Waals surface area contributed by atoms with E-state index in [0.29, 0.717) is 17.7 Å². The fraction of sp³-hybridized carbons (Fsp3) is 0.457. The van der Waals surface area contributed by atoms with Gasteiger partial charge in [-0.1, -0.05) is 24.3 Å². The third kappa shape index (κ3) is 7.62. The molecule has 3 N–H and O–H groups in total. The predicted octanol–water partition coefficient (Wildman–Crippen LogP) is 1.000. The van der Waals surface area contributed by atoms with E-state index < -0.39 is 11.9 Å². The van der Waals surface area contributed by atoms with Gasteiger partial charge in [-0.3, -0.25) is 28.9 Å². The van der Waals surface area contributed by atoms with Crippen LogP contribution in [0.1, 0.15) is 35.2 Å². The van der Waals surface area contributed by atoms with Gasteiger partial charge in [0.2, 0.25) is 23.6 Å². The molecule has 13 heteroatoms. The van der Waals surface area contributed by atoms with Crippen molar-refractivity contribution in [1.82, 2.24) is 35.2 Å². The van der Waals surface area contributed by atoms with Crippen LogP contribution >= 0.6 is 0 Å². The number of likely N-dealkylation sites (tertiary alicyclic amines) is 1. The van der Waals surface area contributed by atoms with Gasteiger partial charge in [-0.05, 0) is 62.2 Å². The average molecular weight is 658 g/mol. The molecule has 0 radical (unpaired) electrons. The molecule has 5 amide bonds. The lowest BCUT2D eigenvalue weighted by Gasteiger charge is -2.30. The normalized spacial score (nSPS) is 22.7. The predicted molar refractivity (Wildman–Crippen MR) is 178 cm³/mol. The van der Waals surface area contributed by atoms with Crippen molar-refractivity contribution in [2.45, 2.75) is 43.8 Å². The van der Waals surface area contributed by atoms with E-state index >= 15 is 0 Å². The minimum Gasteiger partial charge on any atom is -0.491 e. The van der Waals surface area contributed by atoms with Crippen LogP contribution in [0.15, 0.2) is 54.7 Å². The highest BCUT2D eigenvalue weighted by molar-refractivity contribution is 5.96. The third-order valence-electron chi connectivity index (χ3n) is 9.40. The maximum atomic E-state index is 13.8. The van der Waals surface area contributed by atoms with Crippen molar-refractivity contribution in [2.75, 3.05) is 60.0 Å². The summed E-state index contributed by atoms with van der Waals surface area (Å²) in [5.41, 5.74) is 2.21. The van der Waals surface area contributed by atoms with Gasteiger partial charge < -0.3 is 35.1 Å². The number of carbonyl (C=O) groups excluding carboxylic acids is 5. The second-order valence-electron chi connectivity index (χ2n) is 13.1. The van der Waals surface area contributed by atoms with Crippen LogP contribution < -0.4 is 15.4 Å². The molecule has 254 valence electrons. The van der Waals surface area contributed by atoms with Gasteiger partial charge in [0.15, 0.2) is 0 Å². The molecular formula is C35H43N7O6. The second kappa shape index (κ2) is 14.5. The molecule has 0 saturated carbocycles. The second-order valence-corrected chi connectivity index (χ2v) is 13.1. The van der Waals surface area contributed by atoms with Crippen molar-refractivity contribution in [3.05, 3.63) is 65.9 Å². The van der Waals surface area contributed by atoms with Crippen LogP contribution in [-0.4, -0.2) is 132 Å². The number of nitrogens with one attached hydrogen (secondary N) is 3. The Balaban J connectivity index is 1.19. The first-order valence-corrected chi connectivity index (χ1v) is 16.5. The van der Waals surface area contributed by atoms with E-state index in [0.717, 1.165) is 42.4 Å². The van der Waals surface area contributed by atoms with Crippen molar-refractivity contribution in [1.29, 1.82) is 0 Å². The number of aromatic amines is 1. The summed E-state index contributed by atoms with van der Waals surface area (Å²) in [6, 6.07) is 12.8. The summed E-state index contributed by atoms with van der Waals surface area (Å²) in [6.45, 7) is 1.87. The molecule has 0 spiro atoms. The van der Waals surface area contributed by atoms with Crippen LogP contribution in [0.25, 0.3) is 10.9 Å². The minimum atomic E-state index is -1.05. The maximum Gasteiger partial charge on any atom is 0.253 e. The van der Waals surface area contributed by atoms with Gasteiger partial charge in [-0.25, -0.2) is 0 Å². The monoisotopic (exact) mass is 657 g/mol. The number of rotatable bonds is 6. The molecule has 1 aromatic heterocycles. The smallest absolute Gasteiger partial charge is 0.253 e. The quantitative estimate of drug-likeness (QED) is 0.359. The lowest BCUT2D eigenvalue weighted by atomic mass is 10.1. The molecule has 2 bridgehead atoms. The van der Waals surface area contributed by atoms with Crippen molar-refractivity contribution in [3.63, 3.8) is 0 Å². The summed E-state index contributed by atoms with van der Waals surface area (Å²) in [7, 11) is 3.10. The van der Waals surface area contributed by atoms with Gasteiger partial charge in [0.25, 0.3) is 5.91 Å². The molecule has 0 unspecified atom stereocenters. The topological polar surface area (TPSA) is 147 Å². The van der Waals surface area contributed by atoms with Gasteiger partial charge in [-0.2, -0.15) is 0 Å². The summed E-state index contributed by atoms with van der Waals surface area (Å²) in [6.07, 6.45) is 4.53. The fourth-order valence-corrected chi connectivity index (χ4v) is 6.91. The molecule has 2 fully saturated rings. The molecule has 2 saturated heterocycles. The molecular weight excluding hydrogens is 614 g/mol. The van der Waals surface area contributed by atoms with Gasteiger partial charge >= 0.3 is 0 Å². The lowest BCUT2D eigenvalue weighted by molar-refractivity contribution is -0.142. The molecule has 0 aliphatic carbocycles. The van der Waals surface area contributed by atoms with E-state index in [-0.39, 0.29) is 74.9 Å². The standard InChI is InChI=1S/C35H43N7O6/c1-39-19-30(38-32(44)20-41-12-5-6-13-41)35(47)40(2)21-33(45)42-18-25(16-26(42)22-48-27-9-7-8-23(14-27)34(39)46)37-31(43)15-24-17-36-29-11-4-3-10-28(24)29/h3-4,7-11,14,17,25-26,30,36H,5-6,12-13,15-16,18-22H2,1-2H3,(H,37,43)(H,38,44)/t25-,26-,30+/m0/s1. The number of H-pyrrole nitrogens is 1. The first kappa shape index (κ1) is 33.0. The number of nitrogens with zero attached hydrogens (tertiary/aromatic N) is 4. The number of hydrogen-bond acceptors (Lipinski definition) is 7. The van der Waals surface area contributed by atoms with Gasteiger partial charge in [0.05, 0.1) is 25.6 Å². The van der Waals surface area contributed by atoms with Crippen LogP contribution in [0.4, 0.5) is 0 Å². The van der Waals surface area contributed by atoms with Crippen LogP contribution in [-0.2, 0) is 25.6 Å². The van der Waals surface area contributed by atoms with E-state index in [1.165, 1.54) is 16.8 Å². The van der Waals surface area contributed by atoms with Crippen LogP contribution in [0.5, 0.6) is 5.75 Å². The van der Waals surface area contributed by atoms with Gasteiger partial charge in [0, 0.05) is 55.9 Å². The number of fused-ring (bicyclic) bond motifs is 4. The van der Waals surface area contributed by atoms with Crippen LogP contribution in [0, 0.1) is 0 Å². The number of para-hydroxylation sites is 1. The zero-order valence-electron chi connectivity index (χ0n) is 27.4. The molecule has 3 aromatic rings. The van der Waals surface area contributed by atoms with Gasteiger partial charge in [0.1, 0.15) is 18.4 Å². The Hall–Kier alpha value is -4.91. The highest BCUT2D eigenvalue weighted by atomic mass is 16.5. The summed E-state index contributed by atoms with van der Waals surface area (Å²) in [5.74, 6) is -1.11. The summed E-state index contributed by atoms with van der Waals surface area (Å²) >= 11 is 0. The molecule has 3 aliphatic heterocycles. The number of aromatic nitrogens is 1. The largest absolute Gasteiger partial charge is 0.491 e. The van der Waals surface area contributed by atoms with Crippen LogP contribution in [0.3, 0.4) is 0 Å². The van der Waals surface area contributed by atoms with E-state index in [9.17, 15) is 24.0 Å². The molecule has 4 heterocycles. The van der Waals surface area contributed by atoms with E-state index in [1.54, 1.807) is 36.2 Å². The Bertz CT molecular complexity index is 1680. The van der Waals surface area contributed by atoms with Crippen LogP contribution in [0.2, 0.25) is 0 Å².